The van der Waals surface area contributed by atoms with Crippen LogP contribution in [0.5, 0.6) is 0 Å². The number of hydrogen-bond acceptors (Lipinski definition) is 5. The molecular formula is C18H25N3O5S. The predicted molar refractivity (Wildman–Crippen MR) is 98.7 cm³/mol. The number of carbonyl (C=O) groups excluding carboxylic acids is 2. The van der Waals surface area contributed by atoms with Crippen molar-refractivity contribution in [1.29, 1.82) is 0 Å². The molecule has 1 aliphatic heterocycles. The largest absolute Gasteiger partial charge is 0.383 e. The molecule has 0 bridgehead atoms. The molecule has 9 heteroatoms. The maximum absolute atomic E-state index is 12.6. The van der Waals surface area contributed by atoms with Crippen LogP contribution in [-0.4, -0.2) is 76.5 Å². The summed E-state index contributed by atoms with van der Waals surface area (Å²) in [5.74, 6) is 0.252. The normalized spacial score (nSPS) is 17.8. The third kappa shape index (κ3) is 4.85. The molecule has 2 fully saturated rings. The molecular weight excluding hydrogens is 370 g/mol. The van der Waals surface area contributed by atoms with Crippen LogP contribution in [0.4, 0.5) is 0 Å². The highest BCUT2D eigenvalue weighted by atomic mass is 32.2. The van der Waals surface area contributed by atoms with Gasteiger partial charge in [-0.15, -0.1) is 0 Å². The lowest BCUT2D eigenvalue weighted by atomic mass is 10.1. The minimum absolute atomic E-state index is 0.106. The molecule has 2 aliphatic rings. The van der Waals surface area contributed by atoms with E-state index >= 15 is 0 Å². The van der Waals surface area contributed by atoms with Crippen LogP contribution in [0, 0.1) is 5.92 Å². The van der Waals surface area contributed by atoms with E-state index in [1.165, 1.54) is 31.4 Å². The van der Waals surface area contributed by atoms with E-state index in [1.54, 1.807) is 4.90 Å². The fourth-order valence-corrected chi connectivity index (χ4v) is 4.05. The van der Waals surface area contributed by atoms with E-state index in [9.17, 15) is 18.0 Å². The molecule has 0 radical (unpaired) electrons. The van der Waals surface area contributed by atoms with Crippen molar-refractivity contribution < 1.29 is 22.7 Å². The summed E-state index contributed by atoms with van der Waals surface area (Å²) in [5.41, 5.74) is 0.438. The Kier molecular flexibility index (Phi) is 6.13. The van der Waals surface area contributed by atoms with Gasteiger partial charge in [-0.05, 0) is 37.1 Å². The number of methoxy groups -OCH3 is 1. The van der Waals surface area contributed by atoms with Crippen molar-refractivity contribution in [3.8, 4) is 0 Å². The molecule has 0 unspecified atom stereocenters. The average Bonchev–Trinajstić information content (AvgIpc) is 3.52. The summed E-state index contributed by atoms with van der Waals surface area (Å²) in [5, 5.41) is 0. The van der Waals surface area contributed by atoms with Crippen molar-refractivity contribution in [1.82, 2.24) is 14.5 Å². The number of carbonyl (C=O) groups is 2. The van der Waals surface area contributed by atoms with Crippen LogP contribution in [0.3, 0.4) is 0 Å². The number of rotatable bonds is 7. The average molecular weight is 395 g/mol. The van der Waals surface area contributed by atoms with Gasteiger partial charge in [-0.2, -0.15) is 0 Å². The molecule has 1 saturated carbocycles. The number of hydrogen-bond donors (Lipinski definition) is 1. The fraction of sp³-hybridized carbons (Fsp3) is 0.556. The topological polar surface area (TPSA) is 96.0 Å². The molecule has 1 aromatic carbocycles. The van der Waals surface area contributed by atoms with Gasteiger partial charge in [0.25, 0.3) is 5.91 Å². The molecule has 1 aromatic rings. The van der Waals surface area contributed by atoms with E-state index in [1.807, 2.05) is 4.90 Å². The number of ether oxygens (including phenoxy) is 1. The van der Waals surface area contributed by atoms with Crippen LogP contribution in [0.25, 0.3) is 0 Å². The first-order chi connectivity index (χ1) is 12.9. The van der Waals surface area contributed by atoms with E-state index in [4.69, 9.17) is 4.74 Å². The lowest BCUT2D eigenvalue weighted by molar-refractivity contribution is -0.134. The van der Waals surface area contributed by atoms with Gasteiger partial charge in [-0.1, -0.05) is 0 Å². The van der Waals surface area contributed by atoms with Crippen molar-refractivity contribution >= 4 is 21.8 Å². The van der Waals surface area contributed by atoms with E-state index in [0.717, 1.165) is 12.8 Å². The number of benzene rings is 1. The second-order valence-corrected chi connectivity index (χ2v) is 8.57. The molecule has 1 heterocycles. The van der Waals surface area contributed by atoms with Gasteiger partial charge in [-0.3, -0.25) is 9.59 Å². The van der Waals surface area contributed by atoms with Gasteiger partial charge < -0.3 is 14.5 Å². The zero-order valence-electron chi connectivity index (χ0n) is 15.4. The van der Waals surface area contributed by atoms with Crippen molar-refractivity contribution in [2.75, 3.05) is 46.4 Å². The molecule has 1 saturated heterocycles. The molecule has 2 amide bonds. The summed E-state index contributed by atoms with van der Waals surface area (Å²) in [6, 6.07) is 5.90. The summed E-state index contributed by atoms with van der Waals surface area (Å²) in [6.45, 7) is 2.56. The number of sulfonamides is 1. The summed E-state index contributed by atoms with van der Waals surface area (Å²) < 4.78 is 31.6. The fourth-order valence-electron chi connectivity index (χ4n) is 3.04. The van der Waals surface area contributed by atoms with E-state index in [2.05, 4.69) is 4.72 Å². The zero-order chi connectivity index (χ0) is 19.4. The first-order valence-electron chi connectivity index (χ1n) is 9.09. The lowest BCUT2D eigenvalue weighted by Crippen LogP contribution is -2.51. The van der Waals surface area contributed by atoms with Crippen molar-refractivity contribution in [2.24, 2.45) is 5.92 Å². The Morgan fingerprint density at radius 1 is 1.07 bits per heavy atom. The summed E-state index contributed by atoms with van der Waals surface area (Å²) in [7, 11) is -2.12. The summed E-state index contributed by atoms with van der Waals surface area (Å²) >= 11 is 0. The molecule has 0 aromatic heterocycles. The predicted octanol–water partition coefficient (Wildman–Crippen LogP) is 0.306. The number of nitrogens with zero attached hydrogens (tertiary/aromatic N) is 2. The third-order valence-electron chi connectivity index (χ3n) is 4.81. The molecule has 148 valence electrons. The monoisotopic (exact) mass is 395 g/mol. The minimum atomic E-state index is -3.62. The van der Waals surface area contributed by atoms with Gasteiger partial charge in [0.15, 0.2) is 0 Å². The summed E-state index contributed by atoms with van der Waals surface area (Å²) in [6.07, 6.45) is 1.96. The smallest absolute Gasteiger partial charge is 0.253 e. The number of nitrogens with one attached hydrogen (secondary N) is 1. The number of amides is 2. The number of piperazine rings is 1. The molecule has 3 rings (SSSR count). The molecule has 1 aliphatic carbocycles. The maximum atomic E-state index is 12.6. The summed E-state index contributed by atoms with van der Waals surface area (Å²) in [4.78, 5) is 28.4. The molecule has 27 heavy (non-hydrogen) atoms. The van der Waals surface area contributed by atoms with Gasteiger partial charge >= 0.3 is 0 Å². The quantitative estimate of drug-likeness (QED) is 0.670. The van der Waals surface area contributed by atoms with Crippen LogP contribution in [0.1, 0.15) is 23.2 Å². The molecule has 0 spiro atoms. The Balaban J connectivity index is 1.57. The van der Waals surface area contributed by atoms with Crippen LogP contribution in [-0.2, 0) is 19.6 Å². The van der Waals surface area contributed by atoms with E-state index in [0.29, 0.717) is 31.7 Å². The van der Waals surface area contributed by atoms with Gasteiger partial charge in [0.05, 0.1) is 11.5 Å². The second kappa shape index (κ2) is 8.37. The van der Waals surface area contributed by atoms with Crippen molar-refractivity contribution in [3.05, 3.63) is 29.8 Å². The first-order valence-corrected chi connectivity index (χ1v) is 10.6. The van der Waals surface area contributed by atoms with Gasteiger partial charge in [0, 0.05) is 51.3 Å². The van der Waals surface area contributed by atoms with Crippen LogP contribution in [0.2, 0.25) is 0 Å². The SMILES string of the molecule is COCCNS(=O)(=O)c1ccc(C(=O)N2CCN(C(=O)C3CC3)CC2)cc1. The second-order valence-electron chi connectivity index (χ2n) is 6.81. The molecule has 8 nitrogen and oxygen atoms in total. The Labute approximate surface area is 159 Å². The van der Waals surface area contributed by atoms with Crippen LogP contribution >= 0.6 is 0 Å². The minimum Gasteiger partial charge on any atom is -0.383 e. The Morgan fingerprint density at radius 3 is 2.22 bits per heavy atom. The third-order valence-corrected chi connectivity index (χ3v) is 6.29. The maximum Gasteiger partial charge on any atom is 0.253 e. The van der Waals surface area contributed by atoms with E-state index < -0.39 is 10.0 Å². The van der Waals surface area contributed by atoms with Gasteiger partial charge in [0.2, 0.25) is 15.9 Å². The highest BCUT2D eigenvalue weighted by molar-refractivity contribution is 7.89. The van der Waals surface area contributed by atoms with Gasteiger partial charge in [0.1, 0.15) is 0 Å². The highest BCUT2D eigenvalue weighted by Gasteiger charge is 2.35. The van der Waals surface area contributed by atoms with Gasteiger partial charge in [-0.25, -0.2) is 13.1 Å². The zero-order valence-corrected chi connectivity index (χ0v) is 16.2. The molecule has 0 atom stereocenters. The van der Waals surface area contributed by atoms with E-state index in [-0.39, 0.29) is 35.8 Å². The highest BCUT2D eigenvalue weighted by Crippen LogP contribution is 2.31. The lowest BCUT2D eigenvalue weighted by Gasteiger charge is -2.35. The molecule has 1 N–H and O–H groups in total. The van der Waals surface area contributed by atoms with Crippen LogP contribution < -0.4 is 4.72 Å². The van der Waals surface area contributed by atoms with Crippen molar-refractivity contribution in [2.45, 2.75) is 17.7 Å². The Morgan fingerprint density at radius 2 is 1.67 bits per heavy atom. The van der Waals surface area contributed by atoms with Crippen LogP contribution in [0.15, 0.2) is 29.2 Å². The first kappa shape index (κ1) is 19.8. The standard InChI is InChI=1S/C18H25N3O5S/c1-26-13-8-19-27(24,25)16-6-4-15(5-7-16)18(23)21-11-9-20(10-12-21)17(22)14-2-3-14/h4-7,14,19H,2-3,8-13H2,1H3. The Bertz CT molecular complexity index is 782. The Hall–Kier alpha value is -1.97. The van der Waals surface area contributed by atoms with Crippen molar-refractivity contribution in [3.63, 3.8) is 0 Å².